The van der Waals surface area contributed by atoms with Gasteiger partial charge in [0, 0.05) is 44.2 Å². The minimum Gasteiger partial charge on any atom is -0.360 e. The number of anilines is 1. The Labute approximate surface area is 157 Å². The van der Waals surface area contributed by atoms with E-state index >= 15 is 0 Å². The van der Waals surface area contributed by atoms with Crippen molar-refractivity contribution in [2.24, 2.45) is 0 Å². The molecule has 0 spiro atoms. The smallest absolute Gasteiger partial charge is 0.253 e. The van der Waals surface area contributed by atoms with Crippen molar-refractivity contribution >= 4 is 17.6 Å². The van der Waals surface area contributed by atoms with E-state index < -0.39 is 0 Å². The molecular weight excluding hydrogens is 351 g/mol. The number of nitrogens with zero attached hydrogens (tertiary/aromatic N) is 3. The second kappa shape index (κ2) is 8.77. The van der Waals surface area contributed by atoms with Gasteiger partial charge in [-0.15, -0.1) is 0 Å². The fraction of sp³-hybridized carbons (Fsp3) is 0.421. The number of benzene rings is 1. The number of aryl methyl sites for hydroxylation is 1. The quantitative estimate of drug-likeness (QED) is 0.869. The van der Waals surface area contributed by atoms with Crippen LogP contribution in [0.15, 0.2) is 34.9 Å². The summed E-state index contributed by atoms with van der Waals surface area (Å²) in [5, 5.41) is 6.45. The number of carbonyl (C=O) groups excluding carboxylic acids is 2. The number of hydrogen-bond acceptors (Lipinski definition) is 5. The van der Waals surface area contributed by atoms with Crippen LogP contribution in [-0.2, 0) is 4.79 Å². The summed E-state index contributed by atoms with van der Waals surface area (Å²) in [5.74, 6) is 0.503. The van der Waals surface area contributed by atoms with Gasteiger partial charge >= 0.3 is 0 Å². The summed E-state index contributed by atoms with van der Waals surface area (Å²) in [6, 6.07) is 7.29. The Balaban J connectivity index is 1.46. The van der Waals surface area contributed by atoms with Gasteiger partial charge in [-0.05, 0) is 44.2 Å². The first-order valence-electron chi connectivity index (χ1n) is 9.01. The van der Waals surface area contributed by atoms with Gasteiger partial charge in [0.15, 0.2) is 5.82 Å². The first kappa shape index (κ1) is 19.0. The molecule has 0 saturated carbocycles. The van der Waals surface area contributed by atoms with E-state index in [0.717, 1.165) is 13.0 Å². The summed E-state index contributed by atoms with van der Waals surface area (Å²) >= 11 is 0. The summed E-state index contributed by atoms with van der Waals surface area (Å²) in [6.07, 6.45) is 1.18. The second-order valence-corrected chi connectivity index (χ2v) is 6.62. The van der Waals surface area contributed by atoms with Gasteiger partial charge in [-0.1, -0.05) is 5.16 Å². The normalized spacial score (nSPS) is 15.4. The third-order valence-electron chi connectivity index (χ3n) is 4.52. The highest BCUT2D eigenvalue weighted by atomic mass is 19.1. The van der Waals surface area contributed by atoms with Crippen LogP contribution in [0.2, 0.25) is 0 Å². The molecule has 8 heteroatoms. The molecule has 0 radical (unpaired) electrons. The number of halogens is 1. The predicted molar refractivity (Wildman–Crippen MR) is 97.8 cm³/mol. The number of aromatic nitrogens is 1. The molecule has 1 saturated heterocycles. The lowest BCUT2D eigenvalue weighted by Gasteiger charge is -2.22. The number of hydrogen-bond donors (Lipinski definition) is 1. The topological polar surface area (TPSA) is 78.7 Å². The van der Waals surface area contributed by atoms with Crippen molar-refractivity contribution in [2.45, 2.75) is 19.8 Å². The van der Waals surface area contributed by atoms with E-state index in [0.29, 0.717) is 49.7 Å². The molecule has 1 aliphatic rings. The molecular formula is C19H23FN4O3. The first-order chi connectivity index (χ1) is 13.0. The second-order valence-electron chi connectivity index (χ2n) is 6.62. The molecule has 0 aliphatic carbocycles. The van der Waals surface area contributed by atoms with Crippen LogP contribution in [0, 0.1) is 12.7 Å². The van der Waals surface area contributed by atoms with E-state index in [2.05, 4.69) is 15.4 Å². The molecule has 3 rings (SSSR count). The Kier molecular flexibility index (Phi) is 6.18. The van der Waals surface area contributed by atoms with Crippen molar-refractivity contribution in [1.82, 2.24) is 15.0 Å². The number of carbonyl (C=O) groups is 2. The minimum absolute atomic E-state index is 0.0870. The van der Waals surface area contributed by atoms with Crippen LogP contribution in [-0.4, -0.2) is 59.5 Å². The maximum Gasteiger partial charge on any atom is 0.253 e. The van der Waals surface area contributed by atoms with E-state index in [1.54, 1.807) is 17.9 Å². The van der Waals surface area contributed by atoms with E-state index in [4.69, 9.17) is 4.52 Å². The fourth-order valence-electron chi connectivity index (χ4n) is 3.06. The molecule has 1 fully saturated rings. The zero-order valence-corrected chi connectivity index (χ0v) is 15.3. The maximum absolute atomic E-state index is 13.0. The van der Waals surface area contributed by atoms with Crippen LogP contribution in [0.4, 0.5) is 10.2 Å². The van der Waals surface area contributed by atoms with Crippen molar-refractivity contribution in [3.05, 3.63) is 47.5 Å². The lowest BCUT2D eigenvalue weighted by atomic mass is 10.2. The molecule has 144 valence electrons. The van der Waals surface area contributed by atoms with Crippen LogP contribution in [0.25, 0.3) is 0 Å². The molecule has 27 heavy (non-hydrogen) atoms. The molecule has 2 aromatic rings. The zero-order valence-electron chi connectivity index (χ0n) is 15.3. The number of amides is 2. The van der Waals surface area contributed by atoms with Crippen LogP contribution in [0.1, 0.15) is 29.0 Å². The van der Waals surface area contributed by atoms with Gasteiger partial charge < -0.3 is 19.6 Å². The molecule has 1 aromatic carbocycles. The van der Waals surface area contributed by atoms with Gasteiger partial charge in [-0.25, -0.2) is 4.39 Å². The Morgan fingerprint density at radius 3 is 2.67 bits per heavy atom. The first-order valence-corrected chi connectivity index (χ1v) is 9.01. The molecule has 2 heterocycles. The molecule has 7 nitrogen and oxygen atoms in total. The van der Waals surface area contributed by atoms with Gasteiger partial charge in [0.2, 0.25) is 5.91 Å². The van der Waals surface area contributed by atoms with Crippen LogP contribution in [0.5, 0.6) is 0 Å². The third-order valence-corrected chi connectivity index (χ3v) is 4.52. The van der Waals surface area contributed by atoms with Gasteiger partial charge in [-0.2, -0.15) is 0 Å². The SMILES string of the molecule is Cc1cc(NC(=O)CCN2CCCN(C(=O)c3ccc(F)cc3)CC2)no1. The molecule has 0 bridgehead atoms. The van der Waals surface area contributed by atoms with Gasteiger partial charge in [-0.3, -0.25) is 9.59 Å². The lowest BCUT2D eigenvalue weighted by Crippen LogP contribution is -2.36. The van der Waals surface area contributed by atoms with Crippen molar-refractivity contribution in [3.63, 3.8) is 0 Å². The largest absolute Gasteiger partial charge is 0.360 e. The number of rotatable bonds is 5. The van der Waals surface area contributed by atoms with E-state index in [1.165, 1.54) is 24.3 Å². The van der Waals surface area contributed by atoms with Crippen LogP contribution in [0.3, 0.4) is 0 Å². The average molecular weight is 374 g/mol. The summed E-state index contributed by atoms with van der Waals surface area (Å²) in [6.45, 7) is 5.13. The van der Waals surface area contributed by atoms with Crippen LogP contribution < -0.4 is 5.32 Å². The lowest BCUT2D eigenvalue weighted by molar-refractivity contribution is -0.116. The Hall–Kier alpha value is -2.74. The molecule has 1 N–H and O–H groups in total. The Bertz CT molecular complexity index is 791. The monoisotopic (exact) mass is 374 g/mol. The Morgan fingerprint density at radius 2 is 1.96 bits per heavy atom. The summed E-state index contributed by atoms with van der Waals surface area (Å²) in [4.78, 5) is 28.5. The standard InChI is InChI=1S/C19H23FN4O3/c1-14-13-17(22-27-14)21-18(25)7-10-23-8-2-9-24(12-11-23)19(26)15-3-5-16(20)6-4-15/h3-6,13H,2,7-12H2,1H3,(H,21,22,25). The summed E-state index contributed by atoms with van der Waals surface area (Å²) in [7, 11) is 0. The third kappa shape index (κ3) is 5.37. The molecule has 1 aromatic heterocycles. The number of nitrogens with one attached hydrogen (secondary N) is 1. The minimum atomic E-state index is -0.354. The summed E-state index contributed by atoms with van der Waals surface area (Å²) < 4.78 is 17.9. The molecule has 0 atom stereocenters. The highest BCUT2D eigenvalue weighted by molar-refractivity contribution is 5.94. The zero-order chi connectivity index (χ0) is 19.2. The average Bonchev–Trinajstić information content (AvgIpc) is 2.92. The van der Waals surface area contributed by atoms with E-state index in [1.807, 2.05) is 0 Å². The van der Waals surface area contributed by atoms with Crippen molar-refractivity contribution in [1.29, 1.82) is 0 Å². The van der Waals surface area contributed by atoms with E-state index in [-0.39, 0.29) is 17.6 Å². The van der Waals surface area contributed by atoms with E-state index in [9.17, 15) is 14.0 Å². The summed E-state index contributed by atoms with van der Waals surface area (Å²) in [5.41, 5.74) is 0.493. The van der Waals surface area contributed by atoms with Crippen molar-refractivity contribution < 1.29 is 18.5 Å². The Morgan fingerprint density at radius 1 is 1.19 bits per heavy atom. The molecule has 2 amide bonds. The molecule has 1 aliphatic heterocycles. The highest BCUT2D eigenvalue weighted by Gasteiger charge is 2.20. The van der Waals surface area contributed by atoms with Crippen molar-refractivity contribution in [3.8, 4) is 0 Å². The van der Waals surface area contributed by atoms with Crippen molar-refractivity contribution in [2.75, 3.05) is 38.0 Å². The fourth-order valence-corrected chi connectivity index (χ4v) is 3.06. The van der Waals surface area contributed by atoms with Crippen LogP contribution >= 0.6 is 0 Å². The van der Waals surface area contributed by atoms with Gasteiger partial charge in [0.25, 0.3) is 5.91 Å². The predicted octanol–water partition coefficient (Wildman–Crippen LogP) is 2.30. The highest BCUT2D eigenvalue weighted by Crippen LogP contribution is 2.11. The van der Waals surface area contributed by atoms with Gasteiger partial charge in [0.05, 0.1) is 0 Å². The van der Waals surface area contributed by atoms with Gasteiger partial charge in [0.1, 0.15) is 11.6 Å². The molecule has 0 unspecified atom stereocenters. The maximum atomic E-state index is 13.0.